The Balaban J connectivity index is 2.07. The van der Waals surface area contributed by atoms with Gasteiger partial charge in [-0.3, -0.25) is 4.79 Å². The Morgan fingerprint density at radius 3 is 2.52 bits per heavy atom. The summed E-state index contributed by atoms with van der Waals surface area (Å²) in [6.07, 6.45) is 5.41. The average molecular weight is 339 g/mol. The molecular formula is C21H25NO3. The third-order valence-corrected chi connectivity index (χ3v) is 3.85. The van der Waals surface area contributed by atoms with Crippen LogP contribution in [-0.2, 0) is 4.79 Å². The second-order valence-corrected chi connectivity index (χ2v) is 5.67. The zero-order valence-electron chi connectivity index (χ0n) is 15.1. The Kier molecular flexibility index (Phi) is 7.08. The maximum Gasteiger partial charge on any atom is 0.250 e. The van der Waals surface area contributed by atoms with E-state index in [2.05, 4.69) is 6.92 Å². The maximum absolute atomic E-state index is 12.5. The number of carbonyl (C=O) groups excluding carboxylic acids is 1. The van der Waals surface area contributed by atoms with Crippen molar-refractivity contribution < 1.29 is 14.3 Å². The summed E-state index contributed by atoms with van der Waals surface area (Å²) in [5, 5.41) is 0. The lowest BCUT2D eigenvalue weighted by molar-refractivity contribution is -0.113. The fraction of sp³-hybridized carbons (Fsp3) is 0.286. The fourth-order valence-corrected chi connectivity index (χ4v) is 2.30. The van der Waals surface area contributed by atoms with Crippen LogP contribution in [0.15, 0.2) is 54.6 Å². The number of amides is 1. The topological polar surface area (TPSA) is 38.8 Å². The maximum atomic E-state index is 12.5. The molecule has 0 bridgehead atoms. The predicted molar refractivity (Wildman–Crippen MR) is 102 cm³/mol. The van der Waals surface area contributed by atoms with Gasteiger partial charge in [0.2, 0.25) is 0 Å². The summed E-state index contributed by atoms with van der Waals surface area (Å²) in [5.74, 6) is 1.41. The lowest BCUT2D eigenvalue weighted by Gasteiger charge is -2.19. The lowest BCUT2D eigenvalue weighted by atomic mass is 10.2. The van der Waals surface area contributed by atoms with Crippen molar-refractivity contribution in [3.63, 3.8) is 0 Å². The van der Waals surface area contributed by atoms with E-state index in [1.165, 1.54) is 0 Å². The van der Waals surface area contributed by atoms with Gasteiger partial charge < -0.3 is 14.4 Å². The quantitative estimate of drug-likeness (QED) is 0.523. The minimum absolute atomic E-state index is 0.109. The number of likely N-dealkylation sites (N-methyl/N-ethyl adjacent to an activating group) is 1. The molecule has 0 N–H and O–H groups in total. The molecule has 4 heteroatoms. The number of rotatable bonds is 8. The highest BCUT2D eigenvalue weighted by molar-refractivity contribution is 6.04. The number of hydrogen-bond donors (Lipinski definition) is 0. The molecule has 0 aliphatic heterocycles. The average Bonchev–Trinajstić information content (AvgIpc) is 2.66. The highest BCUT2D eigenvalue weighted by atomic mass is 16.5. The number of nitrogens with zero attached hydrogens (tertiary/aromatic N) is 1. The van der Waals surface area contributed by atoms with E-state index in [4.69, 9.17) is 9.47 Å². The van der Waals surface area contributed by atoms with E-state index in [0.717, 1.165) is 35.6 Å². The van der Waals surface area contributed by atoms with E-state index in [-0.39, 0.29) is 5.91 Å². The van der Waals surface area contributed by atoms with Gasteiger partial charge in [0.25, 0.3) is 5.91 Å². The van der Waals surface area contributed by atoms with E-state index in [9.17, 15) is 4.79 Å². The van der Waals surface area contributed by atoms with Gasteiger partial charge in [-0.25, -0.2) is 0 Å². The van der Waals surface area contributed by atoms with Gasteiger partial charge in [-0.1, -0.05) is 37.6 Å². The summed E-state index contributed by atoms with van der Waals surface area (Å²) in [7, 11) is 3.38. The van der Waals surface area contributed by atoms with E-state index >= 15 is 0 Å². The van der Waals surface area contributed by atoms with Crippen molar-refractivity contribution in [1.29, 1.82) is 0 Å². The zero-order chi connectivity index (χ0) is 18.1. The number of ether oxygens (including phenoxy) is 2. The van der Waals surface area contributed by atoms with E-state index in [1.54, 1.807) is 31.2 Å². The molecule has 132 valence electrons. The Bertz CT molecular complexity index is 707. The second-order valence-electron chi connectivity index (χ2n) is 5.67. The van der Waals surface area contributed by atoms with Gasteiger partial charge in [0.05, 0.1) is 19.4 Å². The molecule has 2 aromatic rings. The van der Waals surface area contributed by atoms with Gasteiger partial charge in [-0.05, 0) is 42.3 Å². The second kappa shape index (κ2) is 9.52. The molecule has 4 nitrogen and oxygen atoms in total. The lowest BCUT2D eigenvalue weighted by Crippen LogP contribution is -2.24. The number of methoxy groups -OCH3 is 1. The Hall–Kier alpha value is -2.75. The predicted octanol–water partition coefficient (Wildman–Crippen LogP) is 4.55. The molecule has 2 rings (SSSR count). The first-order valence-electron chi connectivity index (χ1n) is 8.47. The van der Waals surface area contributed by atoms with Crippen molar-refractivity contribution in [2.75, 3.05) is 25.7 Å². The van der Waals surface area contributed by atoms with Gasteiger partial charge in [-0.15, -0.1) is 0 Å². The van der Waals surface area contributed by atoms with Crippen molar-refractivity contribution in [3.05, 3.63) is 60.2 Å². The van der Waals surface area contributed by atoms with Crippen molar-refractivity contribution in [3.8, 4) is 11.5 Å². The summed E-state index contributed by atoms with van der Waals surface area (Å²) < 4.78 is 10.9. The molecule has 0 unspecified atom stereocenters. The van der Waals surface area contributed by atoms with Gasteiger partial charge in [-0.2, -0.15) is 0 Å². The van der Waals surface area contributed by atoms with Crippen LogP contribution in [0, 0.1) is 0 Å². The van der Waals surface area contributed by atoms with Crippen LogP contribution in [0.2, 0.25) is 0 Å². The Morgan fingerprint density at radius 2 is 1.84 bits per heavy atom. The molecule has 0 fully saturated rings. The van der Waals surface area contributed by atoms with Gasteiger partial charge >= 0.3 is 0 Å². The highest BCUT2D eigenvalue weighted by Gasteiger charge is 2.12. The number of carbonyl (C=O) groups is 1. The molecule has 0 aromatic heterocycles. The summed E-state index contributed by atoms with van der Waals surface area (Å²) in [6, 6.07) is 15.1. The molecule has 0 heterocycles. The van der Waals surface area contributed by atoms with Crippen LogP contribution in [0.1, 0.15) is 25.3 Å². The Morgan fingerprint density at radius 1 is 1.12 bits per heavy atom. The van der Waals surface area contributed by atoms with Gasteiger partial charge in [0.15, 0.2) is 0 Å². The van der Waals surface area contributed by atoms with E-state index in [0.29, 0.717) is 6.61 Å². The molecule has 0 spiro atoms. The third kappa shape index (κ3) is 5.38. The molecule has 0 atom stereocenters. The van der Waals surface area contributed by atoms with Crippen LogP contribution in [0.4, 0.5) is 5.69 Å². The molecular weight excluding hydrogens is 314 g/mol. The molecule has 2 aromatic carbocycles. The van der Waals surface area contributed by atoms with E-state index in [1.807, 2.05) is 48.5 Å². The van der Waals surface area contributed by atoms with Crippen molar-refractivity contribution in [2.45, 2.75) is 19.8 Å². The SMILES string of the molecule is CCCCOc1ccccc1N(C)C(=O)/C=C/c1ccc(OC)cc1. The first kappa shape index (κ1) is 18.6. The number of unbranched alkanes of at least 4 members (excludes halogenated alkanes) is 1. The largest absolute Gasteiger partial charge is 0.497 e. The first-order valence-corrected chi connectivity index (χ1v) is 8.47. The summed E-state index contributed by atoms with van der Waals surface area (Å²) in [5.41, 5.74) is 1.71. The molecule has 0 saturated heterocycles. The molecule has 0 aliphatic carbocycles. The van der Waals surface area contributed by atoms with Crippen LogP contribution in [0.25, 0.3) is 6.08 Å². The first-order chi connectivity index (χ1) is 12.2. The van der Waals surface area contributed by atoms with Crippen LogP contribution < -0.4 is 14.4 Å². The summed E-state index contributed by atoms with van der Waals surface area (Å²) in [4.78, 5) is 14.1. The Labute approximate surface area is 149 Å². The molecule has 0 saturated carbocycles. The van der Waals surface area contributed by atoms with Crippen molar-refractivity contribution in [2.24, 2.45) is 0 Å². The molecule has 1 amide bonds. The van der Waals surface area contributed by atoms with E-state index < -0.39 is 0 Å². The van der Waals surface area contributed by atoms with Crippen LogP contribution in [-0.4, -0.2) is 26.7 Å². The molecule has 0 aliphatic rings. The zero-order valence-corrected chi connectivity index (χ0v) is 15.1. The molecule has 0 radical (unpaired) electrons. The fourth-order valence-electron chi connectivity index (χ4n) is 2.30. The van der Waals surface area contributed by atoms with Crippen LogP contribution in [0.3, 0.4) is 0 Å². The minimum atomic E-state index is -0.109. The van der Waals surface area contributed by atoms with Gasteiger partial charge in [0.1, 0.15) is 11.5 Å². The van der Waals surface area contributed by atoms with Crippen LogP contribution >= 0.6 is 0 Å². The number of anilines is 1. The normalized spacial score (nSPS) is 10.7. The van der Waals surface area contributed by atoms with Gasteiger partial charge in [0, 0.05) is 13.1 Å². The smallest absolute Gasteiger partial charge is 0.250 e. The molecule has 25 heavy (non-hydrogen) atoms. The third-order valence-electron chi connectivity index (χ3n) is 3.85. The highest BCUT2D eigenvalue weighted by Crippen LogP contribution is 2.27. The summed E-state index contributed by atoms with van der Waals surface area (Å²) in [6.45, 7) is 2.77. The number of benzene rings is 2. The monoisotopic (exact) mass is 339 g/mol. The van der Waals surface area contributed by atoms with Crippen LogP contribution in [0.5, 0.6) is 11.5 Å². The van der Waals surface area contributed by atoms with Crippen molar-refractivity contribution in [1.82, 2.24) is 0 Å². The number of hydrogen-bond acceptors (Lipinski definition) is 3. The minimum Gasteiger partial charge on any atom is -0.497 e. The standard InChI is InChI=1S/C21H25NO3/c1-4-5-16-25-20-9-7-6-8-19(20)22(2)21(23)15-12-17-10-13-18(24-3)14-11-17/h6-15H,4-5,16H2,1-3H3/b15-12+. The number of para-hydroxylation sites is 2. The van der Waals surface area contributed by atoms with Crippen molar-refractivity contribution >= 4 is 17.7 Å². The summed E-state index contributed by atoms with van der Waals surface area (Å²) >= 11 is 0.